The van der Waals surface area contributed by atoms with Gasteiger partial charge in [-0.15, -0.1) is 0 Å². The van der Waals surface area contributed by atoms with Crippen LogP contribution >= 0.6 is 23.4 Å². The van der Waals surface area contributed by atoms with Crippen molar-refractivity contribution in [2.24, 2.45) is 0 Å². The Kier molecular flexibility index (Phi) is 4.24. The number of halogens is 1. The van der Waals surface area contributed by atoms with E-state index < -0.39 is 5.97 Å². The number of anilines is 2. The van der Waals surface area contributed by atoms with Crippen molar-refractivity contribution in [1.82, 2.24) is 0 Å². The Morgan fingerprint density at radius 3 is 3.00 bits per heavy atom. The van der Waals surface area contributed by atoms with Gasteiger partial charge in [0.1, 0.15) is 0 Å². The number of nitrogen functional groups attached to an aromatic ring is 1. The molecule has 1 saturated heterocycles. The zero-order chi connectivity index (χ0) is 13.1. The van der Waals surface area contributed by atoms with Crippen molar-refractivity contribution in [2.45, 2.75) is 18.1 Å². The number of benzene rings is 1. The molecule has 0 bridgehead atoms. The molecular weight excluding hydrogens is 272 g/mol. The van der Waals surface area contributed by atoms with Gasteiger partial charge in [0.05, 0.1) is 16.3 Å². The summed E-state index contributed by atoms with van der Waals surface area (Å²) in [5.41, 5.74) is 6.56. The van der Waals surface area contributed by atoms with Crippen LogP contribution in [-0.4, -0.2) is 28.6 Å². The Bertz CT molecular complexity index is 462. The summed E-state index contributed by atoms with van der Waals surface area (Å²) in [4.78, 5) is 11.2. The molecule has 1 unspecified atom stereocenters. The normalized spacial score (nSPS) is 18.8. The molecule has 18 heavy (non-hydrogen) atoms. The summed E-state index contributed by atoms with van der Waals surface area (Å²) in [5.74, 6) is 0.152. The highest BCUT2D eigenvalue weighted by Gasteiger charge is 2.18. The molecule has 98 valence electrons. The van der Waals surface area contributed by atoms with E-state index in [0.29, 0.717) is 21.6 Å². The van der Waals surface area contributed by atoms with E-state index in [0.717, 1.165) is 13.0 Å². The fourth-order valence-corrected chi connectivity index (χ4v) is 3.49. The first-order chi connectivity index (χ1) is 8.58. The van der Waals surface area contributed by atoms with Crippen LogP contribution in [0.25, 0.3) is 0 Å². The van der Waals surface area contributed by atoms with Gasteiger partial charge in [0, 0.05) is 17.5 Å². The van der Waals surface area contributed by atoms with Crippen LogP contribution in [0.1, 0.15) is 23.2 Å². The fourth-order valence-electron chi connectivity index (χ4n) is 2.00. The third-order valence-corrected chi connectivity index (χ3v) is 4.57. The molecule has 4 N–H and O–H groups in total. The van der Waals surface area contributed by atoms with Crippen LogP contribution in [0, 0.1) is 0 Å². The first kappa shape index (κ1) is 13.4. The van der Waals surface area contributed by atoms with E-state index >= 15 is 0 Å². The highest BCUT2D eigenvalue weighted by Crippen LogP contribution is 2.31. The lowest BCUT2D eigenvalue weighted by atomic mass is 10.1. The minimum Gasteiger partial charge on any atom is -0.478 e. The number of carboxylic acids is 1. The second kappa shape index (κ2) is 5.71. The van der Waals surface area contributed by atoms with Crippen molar-refractivity contribution in [3.05, 3.63) is 22.7 Å². The van der Waals surface area contributed by atoms with Gasteiger partial charge in [-0.2, -0.15) is 11.8 Å². The number of hydrogen-bond acceptors (Lipinski definition) is 4. The van der Waals surface area contributed by atoms with Crippen LogP contribution in [0.15, 0.2) is 12.1 Å². The van der Waals surface area contributed by atoms with Gasteiger partial charge < -0.3 is 16.2 Å². The summed E-state index contributed by atoms with van der Waals surface area (Å²) in [6.07, 6.45) is 2.38. The van der Waals surface area contributed by atoms with Crippen LogP contribution < -0.4 is 11.1 Å². The molecule has 1 fully saturated rings. The molecule has 0 amide bonds. The van der Waals surface area contributed by atoms with Gasteiger partial charge in [-0.3, -0.25) is 0 Å². The molecule has 1 heterocycles. The smallest absolute Gasteiger partial charge is 0.337 e. The number of carbonyl (C=O) groups is 1. The van der Waals surface area contributed by atoms with Crippen molar-refractivity contribution < 1.29 is 9.90 Å². The van der Waals surface area contributed by atoms with Crippen LogP contribution in [0.3, 0.4) is 0 Å². The third-order valence-electron chi connectivity index (χ3n) is 2.87. The van der Waals surface area contributed by atoms with Gasteiger partial charge in [0.15, 0.2) is 0 Å². The number of rotatable bonds is 4. The van der Waals surface area contributed by atoms with Gasteiger partial charge in [0.25, 0.3) is 0 Å². The van der Waals surface area contributed by atoms with Gasteiger partial charge in [-0.05, 0) is 30.7 Å². The molecule has 4 nitrogen and oxygen atoms in total. The Balaban J connectivity index is 2.17. The van der Waals surface area contributed by atoms with Crippen molar-refractivity contribution in [1.29, 1.82) is 0 Å². The zero-order valence-corrected chi connectivity index (χ0v) is 11.4. The van der Waals surface area contributed by atoms with E-state index in [1.54, 1.807) is 6.07 Å². The molecule has 1 aliphatic rings. The molecule has 0 radical (unpaired) electrons. The molecule has 0 aliphatic carbocycles. The van der Waals surface area contributed by atoms with E-state index in [9.17, 15) is 4.79 Å². The predicted molar refractivity (Wildman–Crippen MR) is 76.8 cm³/mol. The van der Waals surface area contributed by atoms with E-state index in [-0.39, 0.29) is 5.56 Å². The summed E-state index contributed by atoms with van der Waals surface area (Å²) in [6, 6.07) is 3.00. The Hall–Kier alpha value is -1.07. The van der Waals surface area contributed by atoms with Crippen molar-refractivity contribution in [3.63, 3.8) is 0 Å². The number of thioether (sulfide) groups is 1. The number of carboxylic acid groups (broad SMARTS) is 1. The first-order valence-electron chi connectivity index (χ1n) is 5.75. The van der Waals surface area contributed by atoms with Crippen LogP contribution in [-0.2, 0) is 0 Å². The lowest BCUT2D eigenvalue weighted by Gasteiger charge is -2.15. The van der Waals surface area contributed by atoms with Crippen LogP contribution in [0.4, 0.5) is 11.4 Å². The molecule has 6 heteroatoms. The second-order valence-corrected chi connectivity index (χ2v) is 6.06. The average Bonchev–Trinajstić information content (AvgIpc) is 2.79. The van der Waals surface area contributed by atoms with Gasteiger partial charge >= 0.3 is 5.97 Å². The summed E-state index contributed by atoms with van der Waals surface area (Å²) >= 11 is 7.96. The highest BCUT2D eigenvalue weighted by molar-refractivity contribution is 8.00. The maximum atomic E-state index is 11.2. The summed E-state index contributed by atoms with van der Waals surface area (Å²) < 4.78 is 0. The molecule has 2 rings (SSSR count). The maximum absolute atomic E-state index is 11.2. The number of hydrogen-bond donors (Lipinski definition) is 3. The van der Waals surface area contributed by atoms with E-state index in [4.69, 9.17) is 22.4 Å². The minimum atomic E-state index is -1.02. The summed E-state index contributed by atoms with van der Waals surface area (Å²) in [7, 11) is 0. The molecule has 1 aromatic carbocycles. The lowest BCUT2D eigenvalue weighted by Crippen LogP contribution is -2.16. The molecule has 1 aromatic rings. The predicted octanol–water partition coefficient (Wildman–Crippen LogP) is 2.93. The zero-order valence-electron chi connectivity index (χ0n) is 9.78. The van der Waals surface area contributed by atoms with Gasteiger partial charge in [0.2, 0.25) is 0 Å². The standard InChI is InChI=1S/C12H15ClN2O2S/c13-10-5-7(14)4-9(12(16)17)11(10)15-6-8-2-1-3-18-8/h4-5,8,15H,1-3,6,14H2,(H,16,17). The molecule has 0 spiro atoms. The minimum absolute atomic E-state index is 0.128. The Labute approximate surface area is 115 Å². The monoisotopic (exact) mass is 286 g/mol. The number of aromatic carboxylic acids is 1. The largest absolute Gasteiger partial charge is 0.478 e. The average molecular weight is 287 g/mol. The molecule has 0 aromatic heterocycles. The van der Waals surface area contributed by atoms with Crippen molar-refractivity contribution in [3.8, 4) is 0 Å². The molecule has 1 aliphatic heterocycles. The third kappa shape index (κ3) is 3.03. The number of nitrogens with one attached hydrogen (secondary N) is 1. The highest BCUT2D eigenvalue weighted by atomic mass is 35.5. The fraction of sp³-hybridized carbons (Fsp3) is 0.417. The van der Waals surface area contributed by atoms with Gasteiger partial charge in [-0.1, -0.05) is 11.6 Å². The van der Waals surface area contributed by atoms with Crippen molar-refractivity contribution in [2.75, 3.05) is 23.3 Å². The summed E-state index contributed by atoms with van der Waals surface area (Å²) in [5, 5.41) is 13.2. The molecule has 1 atom stereocenters. The Morgan fingerprint density at radius 1 is 1.61 bits per heavy atom. The van der Waals surface area contributed by atoms with Crippen molar-refractivity contribution >= 4 is 40.7 Å². The second-order valence-electron chi connectivity index (χ2n) is 4.25. The SMILES string of the molecule is Nc1cc(Cl)c(NCC2CCCS2)c(C(=O)O)c1. The van der Waals surface area contributed by atoms with E-state index in [1.165, 1.54) is 18.2 Å². The van der Waals surface area contributed by atoms with Gasteiger partial charge in [-0.25, -0.2) is 4.79 Å². The topological polar surface area (TPSA) is 75.3 Å². The molecule has 0 saturated carbocycles. The first-order valence-corrected chi connectivity index (χ1v) is 7.18. The number of nitrogens with two attached hydrogens (primary N) is 1. The Morgan fingerprint density at radius 2 is 2.39 bits per heavy atom. The van der Waals surface area contributed by atoms with E-state index in [2.05, 4.69) is 5.32 Å². The van der Waals surface area contributed by atoms with Crippen LogP contribution in [0.5, 0.6) is 0 Å². The lowest BCUT2D eigenvalue weighted by molar-refractivity contribution is 0.0698. The molecular formula is C12H15ClN2O2S. The maximum Gasteiger partial charge on any atom is 0.337 e. The summed E-state index contributed by atoms with van der Waals surface area (Å²) in [6.45, 7) is 0.731. The van der Waals surface area contributed by atoms with E-state index in [1.807, 2.05) is 11.8 Å². The quantitative estimate of drug-likeness (QED) is 0.742. The van der Waals surface area contributed by atoms with Crippen LogP contribution in [0.2, 0.25) is 5.02 Å².